The minimum absolute atomic E-state index is 0.0219. The maximum Gasteiger partial charge on any atom is 0.261 e. The maximum absolute atomic E-state index is 12.8. The van der Waals surface area contributed by atoms with Gasteiger partial charge in [0.2, 0.25) is 0 Å². The minimum atomic E-state index is -0.820. The lowest BCUT2D eigenvalue weighted by molar-refractivity contribution is -0.131. The topological polar surface area (TPSA) is 58.7 Å². The van der Waals surface area contributed by atoms with Gasteiger partial charge in [-0.1, -0.05) is 23.7 Å². The average Bonchev–Trinajstić information content (AvgIpc) is 3.06. The molecule has 0 saturated heterocycles. The zero-order chi connectivity index (χ0) is 16.2. The molecule has 2 aromatic rings. The standard InChI is InChI=1S/C17H16ClN3OS/c1-21-15(22)17(20-16(21)19)7-3-6-13-12(17)9-14(23-13)10-4-2-5-11(18)8-10/h2,4-5,8-9H,3,6-7H2,1H3,(H2,19,20). The Hall–Kier alpha value is -1.85. The van der Waals surface area contributed by atoms with Gasteiger partial charge >= 0.3 is 0 Å². The van der Waals surface area contributed by atoms with Crippen LogP contribution in [0.1, 0.15) is 23.3 Å². The third-order valence-electron chi connectivity index (χ3n) is 4.61. The van der Waals surface area contributed by atoms with Crippen molar-refractivity contribution in [1.29, 1.82) is 0 Å². The third-order valence-corrected chi connectivity index (χ3v) is 6.09. The normalized spacial score (nSPS) is 23.3. The van der Waals surface area contributed by atoms with Crippen molar-refractivity contribution in [2.75, 3.05) is 7.05 Å². The molecule has 118 valence electrons. The van der Waals surface area contributed by atoms with Crippen LogP contribution < -0.4 is 5.73 Å². The van der Waals surface area contributed by atoms with Crippen LogP contribution in [0.5, 0.6) is 0 Å². The number of carbonyl (C=O) groups is 1. The van der Waals surface area contributed by atoms with Crippen molar-refractivity contribution in [3.8, 4) is 10.4 Å². The number of likely N-dealkylation sites (N-methyl/N-ethyl adjacent to an activating group) is 1. The van der Waals surface area contributed by atoms with Gasteiger partial charge in [0.05, 0.1) is 0 Å². The van der Waals surface area contributed by atoms with Crippen LogP contribution in [-0.4, -0.2) is 23.8 Å². The highest BCUT2D eigenvalue weighted by Gasteiger charge is 2.50. The first-order valence-electron chi connectivity index (χ1n) is 7.54. The number of hydrogen-bond acceptors (Lipinski definition) is 4. The summed E-state index contributed by atoms with van der Waals surface area (Å²) in [4.78, 5) is 21.1. The summed E-state index contributed by atoms with van der Waals surface area (Å²) >= 11 is 7.83. The van der Waals surface area contributed by atoms with Gasteiger partial charge in [-0.3, -0.25) is 9.69 Å². The van der Waals surface area contributed by atoms with E-state index in [0.717, 1.165) is 35.3 Å². The molecule has 1 aromatic heterocycles. The van der Waals surface area contributed by atoms with Crippen LogP contribution >= 0.6 is 22.9 Å². The number of halogens is 1. The SMILES string of the molecule is CN1C(=O)C2(CCCc3sc(-c4cccc(Cl)c4)cc32)N=C1N. The second-order valence-electron chi connectivity index (χ2n) is 6.01. The Balaban J connectivity index is 1.86. The molecule has 1 atom stereocenters. The summed E-state index contributed by atoms with van der Waals surface area (Å²) in [7, 11) is 1.69. The van der Waals surface area contributed by atoms with Gasteiger partial charge in [-0.25, -0.2) is 4.99 Å². The summed E-state index contributed by atoms with van der Waals surface area (Å²) in [5.74, 6) is 0.282. The Morgan fingerprint density at radius 3 is 2.91 bits per heavy atom. The quantitative estimate of drug-likeness (QED) is 0.861. The van der Waals surface area contributed by atoms with E-state index in [4.69, 9.17) is 17.3 Å². The van der Waals surface area contributed by atoms with E-state index in [1.54, 1.807) is 18.4 Å². The number of nitrogens with two attached hydrogens (primary N) is 1. The molecule has 1 amide bonds. The zero-order valence-electron chi connectivity index (χ0n) is 12.7. The molecule has 6 heteroatoms. The minimum Gasteiger partial charge on any atom is -0.369 e. The van der Waals surface area contributed by atoms with Crippen LogP contribution in [0.2, 0.25) is 5.02 Å². The summed E-state index contributed by atoms with van der Waals surface area (Å²) < 4.78 is 0. The fraction of sp³-hybridized carbons (Fsp3) is 0.294. The van der Waals surface area contributed by atoms with E-state index in [1.165, 1.54) is 9.78 Å². The van der Waals surface area contributed by atoms with E-state index in [-0.39, 0.29) is 5.91 Å². The number of nitrogens with zero attached hydrogens (tertiary/aromatic N) is 2. The number of aryl methyl sites for hydroxylation is 1. The van der Waals surface area contributed by atoms with Gasteiger partial charge in [0.15, 0.2) is 11.5 Å². The molecule has 1 aliphatic heterocycles. The first kappa shape index (κ1) is 14.7. The van der Waals surface area contributed by atoms with Crippen molar-refractivity contribution in [2.24, 2.45) is 10.7 Å². The highest BCUT2D eigenvalue weighted by atomic mass is 35.5. The number of benzene rings is 1. The number of aliphatic imine (C=N–C) groups is 1. The van der Waals surface area contributed by atoms with E-state index in [9.17, 15) is 4.79 Å². The first-order valence-corrected chi connectivity index (χ1v) is 8.73. The van der Waals surface area contributed by atoms with Crippen molar-refractivity contribution in [3.05, 3.63) is 45.8 Å². The van der Waals surface area contributed by atoms with E-state index < -0.39 is 5.54 Å². The maximum atomic E-state index is 12.8. The molecule has 4 rings (SSSR count). The summed E-state index contributed by atoms with van der Waals surface area (Å²) in [5.41, 5.74) is 7.18. The van der Waals surface area contributed by atoms with E-state index in [0.29, 0.717) is 11.0 Å². The van der Waals surface area contributed by atoms with Gasteiger partial charge in [-0.05, 0) is 43.0 Å². The number of rotatable bonds is 1. The molecule has 1 aromatic carbocycles. The highest BCUT2D eigenvalue weighted by Crippen LogP contribution is 2.47. The molecule has 23 heavy (non-hydrogen) atoms. The fourth-order valence-electron chi connectivity index (χ4n) is 3.43. The second-order valence-corrected chi connectivity index (χ2v) is 7.58. The Labute approximate surface area is 143 Å². The highest BCUT2D eigenvalue weighted by molar-refractivity contribution is 7.15. The molecule has 0 bridgehead atoms. The van der Waals surface area contributed by atoms with Crippen LogP contribution in [0.3, 0.4) is 0 Å². The summed E-state index contributed by atoms with van der Waals surface area (Å²) in [5, 5.41) is 0.711. The average molecular weight is 346 g/mol. The number of carbonyl (C=O) groups excluding carboxylic acids is 1. The lowest BCUT2D eigenvalue weighted by Crippen LogP contribution is -2.41. The molecule has 1 aliphatic carbocycles. The number of hydrogen-bond donors (Lipinski definition) is 1. The first-order chi connectivity index (χ1) is 11.0. The molecule has 0 fully saturated rings. The van der Waals surface area contributed by atoms with Gasteiger partial charge < -0.3 is 5.73 Å². The lowest BCUT2D eigenvalue weighted by atomic mass is 9.80. The van der Waals surface area contributed by atoms with Crippen molar-refractivity contribution < 1.29 is 4.79 Å². The predicted octanol–water partition coefficient (Wildman–Crippen LogP) is 3.39. The zero-order valence-corrected chi connectivity index (χ0v) is 14.2. The second kappa shape index (κ2) is 5.08. The van der Waals surface area contributed by atoms with Crippen LogP contribution in [0.25, 0.3) is 10.4 Å². The molecule has 0 saturated carbocycles. The Morgan fingerprint density at radius 2 is 2.22 bits per heavy atom. The molecule has 2 heterocycles. The van der Waals surface area contributed by atoms with Crippen molar-refractivity contribution in [2.45, 2.75) is 24.8 Å². The molecule has 0 radical (unpaired) electrons. The van der Waals surface area contributed by atoms with Crippen LogP contribution in [0.15, 0.2) is 35.3 Å². The number of thiophene rings is 1. The van der Waals surface area contributed by atoms with Gasteiger partial charge in [-0.2, -0.15) is 0 Å². The Morgan fingerprint density at radius 1 is 1.39 bits per heavy atom. The van der Waals surface area contributed by atoms with Gasteiger partial charge in [0.1, 0.15) is 0 Å². The molecule has 1 spiro atoms. The third kappa shape index (κ3) is 2.11. The number of guanidine groups is 1. The van der Waals surface area contributed by atoms with Crippen molar-refractivity contribution in [1.82, 2.24) is 4.90 Å². The lowest BCUT2D eigenvalue weighted by Gasteiger charge is -2.29. The molecular formula is C17H16ClN3OS. The Kier molecular flexibility index (Phi) is 3.25. The van der Waals surface area contributed by atoms with E-state index >= 15 is 0 Å². The molecular weight excluding hydrogens is 330 g/mol. The van der Waals surface area contributed by atoms with Crippen molar-refractivity contribution in [3.63, 3.8) is 0 Å². The van der Waals surface area contributed by atoms with Gasteiger partial charge in [-0.15, -0.1) is 11.3 Å². The smallest absolute Gasteiger partial charge is 0.261 e. The van der Waals surface area contributed by atoms with Gasteiger partial charge in [0, 0.05) is 27.4 Å². The van der Waals surface area contributed by atoms with Crippen molar-refractivity contribution >= 4 is 34.8 Å². The summed E-state index contributed by atoms with van der Waals surface area (Å²) in [6.45, 7) is 0. The van der Waals surface area contributed by atoms with E-state index in [2.05, 4.69) is 11.1 Å². The predicted molar refractivity (Wildman–Crippen MR) is 93.8 cm³/mol. The fourth-order valence-corrected chi connectivity index (χ4v) is 4.89. The van der Waals surface area contributed by atoms with E-state index in [1.807, 2.05) is 24.3 Å². The number of amides is 1. The molecule has 1 unspecified atom stereocenters. The monoisotopic (exact) mass is 345 g/mol. The largest absolute Gasteiger partial charge is 0.369 e. The molecule has 2 aliphatic rings. The Bertz CT molecular complexity index is 844. The summed E-state index contributed by atoms with van der Waals surface area (Å²) in [6.07, 6.45) is 2.64. The number of fused-ring (bicyclic) bond motifs is 2. The summed E-state index contributed by atoms with van der Waals surface area (Å²) in [6, 6.07) is 9.89. The molecule has 2 N–H and O–H groups in total. The van der Waals surface area contributed by atoms with Gasteiger partial charge in [0.25, 0.3) is 5.91 Å². The van der Waals surface area contributed by atoms with Crippen LogP contribution in [0.4, 0.5) is 0 Å². The van der Waals surface area contributed by atoms with Crippen LogP contribution in [0, 0.1) is 0 Å². The molecule has 4 nitrogen and oxygen atoms in total. The van der Waals surface area contributed by atoms with Crippen LogP contribution in [-0.2, 0) is 16.8 Å².